The molecule has 5 rings (SSSR count). The zero-order chi connectivity index (χ0) is 24.3. The van der Waals surface area contributed by atoms with Crippen LogP contribution in [0.4, 0.5) is 5.69 Å². The van der Waals surface area contributed by atoms with E-state index in [0.29, 0.717) is 23.1 Å². The lowest BCUT2D eigenvalue weighted by atomic mass is 9.65. The van der Waals surface area contributed by atoms with E-state index >= 15 is 0 Å². The predicted octanol–water partition coefficient (Wildman–Crippen LogP) is 7.44. The van der Waals surface area contributed by atoms with Crippen molar-refractivity contribution >= 4 is 45.7 Å². The second-order valence-corrected chi connectivity index (χ2v) is 11.7. The highest BCUT2D eigenvalue weighted by Crippen LogP contribution is 2.53. The highest BCUT2D eigenvalue weighted by Gasteiger charge is 2.49. The van der Waals surface area contributed by atoms with Crippen molar-refractivity contribution in [3.8, 4) is 5.88 Å². The first-order chi connectivity index (χ1) is 16.1. The molecule has 1 aliphatic heterocycles. The summed E-state index contributed by atoms with van der Waals surface area (Å²) in [6.07, 6.45) is 3.53. The van der Waals surface area contributed by atoms with Crippen molar-refractivity contribution in [2.75, 3.05) is 6.54 Å². The standard InChI is InChI=1S/C26H28Cl2N4O2/c1-25(2)11-17-12-26(3,13-25)14-31(17)15-32-21-7-5-4-6-19(21)22(24(32)34)29-30-23(33)18-9-8-16(27)10-20(18)28/h4-10,17,34H,11-15H2,1-3H3/t17-,26+/m1/s1. The minimum atomic E-state index is -0.596. The van der Waals surface area contributed by atoms with E-state index in [0.717, 1.165) is 23.9 Å². The third-order valence-corrected chi connectivity index (χ3v) is 7.71. The summed E-state index contributed by atoms with van der Waals surface area (Å²) < 4.78 is 1.88. The molecular formula is C26H28Cl2N4O2. The first-order valence-electron chi connectivity index (χ1n) is 11.5. The lowest BCUT2D eigenvalue weighted by molar-refractivity contribution is 0.0995. The number of halogens is 2. The van der Waals surface area contributed by atoms with E-state index in [2.05, 4.69) is 35.9 Å². The van der Waals surface area contributed by atoms with E-state index in [4.69, 9.17) is 23.2 Å². The van der Waals surface area contributed by atoms with Crippen molar-refractivity contribution in [3.05, 3.63) is 58.1 Å². The van der Waals surface area contributed by atoms with E-state index in [1.165, 1.54) is 25.0 Å². The second-order valence-electron chi connectivity index (χ2n) is 10.8. The van der Waals surface area contributed by atoms with Gasteiger partial charge in [-0.15, -0.1) is 10.2 Å². The topological polar surface area (TPSA) is 70.2 Å². The van der Waals surface area contributed by atoms with Crippen molar-refractivity contribution in [2.45, 2.75) is 52.7 Å². The fraction of sp³-hybridized carbons (Fsp3) is 0.423. The summed E-state index contributed by atoms with van der Waals surface area (Å²) in [4.78, 5) is 15.1. The molecule has 1 aliphatic carbocycles. The van der Waals surface area contributed by atoms with Gasteiger partial charge in [0.25, 0.3) is 5.91 Å². The lowest BCUT2D eigenvalue weighted by Crippen LogP contribution is -2.35. The molecule has 2 bridgehead atoms. The summed E-state index contributed by atoms with van der Waals surface area (Å²) in [7, 11) is 0. The third-order valence-electron chi connectivity index (χ3n) is 7.17. The molecule has 1 N–H and O–H groups in total. The average Bonchev–Trinajstić information content (AvgIpc) is 3.15. The first kappa shape index (κ1) is 23.3. The molecule has 2 atom stereocenters. The number of aromatic hydroxyl groups is 1. The predicted molar refractivity (Wildman–Crippen MR) is 135 cm³/mol. The van der Waals surface area contributed by atoms with Crippen molar-refractivity contribution in [3.63, 3.8) is 0 Å². The number of para-hydroxylation sites is 1. The molecule has 8 heteroatoms. The molecule has 1 amide bonds. The number of carbonyl (C=O) groups excluding carboxylic acids is 1. The Kier molecular flexibility index (Phi) is 5.74. The Morgan fingerprint density at radius 2 is 1.91 bits per heavy atom. The Morgan fingerprint density at radius 1 is 1.15 bits per heavy atom. The Morgan fingerprint density at radius 3 is 2.68 bits per heavy atom. The lowest BCUT2D eigenvalue weighted by Gasteiger charge is -2.40. The quantitative estimate of drug-likeness (QED) is 0.380. The molecule has 1 aromatic heterocycles. The van der Waals surface area contributed by atoms with E-state index in [1.54, 1.807) is 6.07 Å². The van der Waals surface area contributed by atoms with Crippen molar-refractivity contribution in [1.29, 1.82) is 0 Å². The van der Waals surface area contributed by atoms with Gasteiger partial charge in [-0.25, -0.2) is 0 Å². The number of hydrogen-bond acceptors (Lipinski definition) is 4. The fourth-order valence-electron chi connectivity index (χ4n) is 6.25. The molecule has 2 fully saturated rings. The Labute approximate surface area is 209 Å². The molecule has 2 aliphatic rings. The highest BCUT2D eigenvalue weighted by atomic mass is 35.5. The number of azo groups is 1. The van der Waals surface area contributed by atoms with Crippen LogP contribution in [0.1, 0.15) is 50.4 Å². The SMILES string of the molecule is CC1(C)C[C@@H]2C[C@](C)(CN2Cn2c(O)c(N=NC(=O)c3ccc(Cl)cc3Cl)c3ccccc32)C1. The Hall–Kier alpha value is -2.41. The number of aromatic nitrogens is 1. The molecule has 0 spiro atoms. The van der Waals surface area contributed by atoms with Crippen LogP contribution in [0.25, 0.3) is 10.9 Å². The van der Waals surface area contributed by atoms with Crippen LogP contribution in [0, 0.1) is 10.8 Å². The van der Waals surface area contributed by atoms with Crippen LogP contribution in [0.15, 0.2) is 52.7 Å². The average molecular weight is 499 g/mol. The normalized spacial score (nSPS) is 24.3. The summed E-state index contributed by atoms with van der Waals surface area (Å²) in [5, 5.41) is 20.6. The molecular weight excluding hydrogens is 471 g/mol. The monoisotopic (exact) mass is 498 g/mol. The molecule has 34 heavy (non-hydrogen) atoms. The highest BCUT2D eigenvalue weighted by molar-refractivity contribution is 6.36. The van der Waals surface area contributed by atoms with E-state index in [-0.39, 0.29) is 27.6 Å². The summed E-state index contributed by atoms with van der Waals surface area (Å²) in [6.45, 7) is 8.64. The van der Waals surface area contributed by atoms with Gasteiger partial charge in [-0.1, -0.05) is 62.2 Å². The van der Waals surface area contributed by atoms with Crippen molar-refractivity contribution in [1.82, 2.24) is 9.47 Å². The maximum atomic E-state index is 12.6. The van der Waals surface area contributed by atoms with Crippen LogP contribution < -0.4 is 0 Å². The number of hydrogen-bond donors (Lipinski definition) is 1. The largest absolute Gasteiger partial charge is 0.493 e. The molecule has 0 radical (unpaired) electrons. The van der Waals surface area contributed by atoms with Crippen molar-refractivity contribution < 1.29 is 9.90 Å². The maximum absolute atomic E-state index is 12.6. The third kappa shape index (κ3) is 4.23. The van der Waals surface area contributed by atoms with Gasteiger partial charge in [0.05, 0.1) is 22.8 Å². The fourth-order valence-corrected chi connectivity index (χ4v) is 6.74. The molecule has 1 saturated carbocycles. The number of benzene rings is 2. The van der Waals surface area contributed by atoms with Gasteiger partial charge in [-0.2, -0.15) is 0 Å². The van der Waals surface area contributed by atoms with Crippen LogP contribution in [0.2, 0.25) is 10.0 Å². The van der Waals surface area contributed by atoms with E-state index < -0.39 is 5.91 Å². The van der Waals surface area contributed by atoms with E-state index in [9.17, 15) is 9.90 Å². The van der Waals surface area contributed by atoms with Gasteiger partial charge in [-0.05, 0) is 54.4 Å². The summed E-state index contributed by atoms with van der Waals surface area (Å²) in [6, 6.07) is 12.7. The second kappa shape index (κ2) is 8.36. The Balaban J connectivity index is 1.47. The first-order valence-corrected chi connectivity index (χ1v) is 12.3. The van der Waals surface area contributed by atoms with Gasteiger partial charge in [0, 0.05) is 23.0 Å². The van der Waals surface area contributed by atoms with Crippen LogP contribution in [0.3, 0.4) is 0 Å². The molecule has 3 aromatic rings. The molecule has 0 unspecified atom stereocenters. The zero-order valence-electron chi connectivity index (χ0n) is 19.6. The van der Waals surface area contributed by atoms with Crippen LogP contribution in [-0.2, 0) is 6.67 Å². The van der Waals surface area contributed by atoms with Crippen LogP contribution >= 0.6 is 23.2 Å². The number of fused-ring (bicyclic) bond motifs is 3. The minimum Gasteiger partial charge on any atom is -0.493 e. The zero-order valence-corrected chi connectivity index (χ0v) is 21.1. The molecule has 2 aromatic carbocycles. The van der Waals surface area contributed by atoms with Crippen LogP contribution in [-0.4, -0.2) is 33.1 Å². The van der Waals surface area contributed by atoms with Crippen molar-refractivity contribution in [2.24, 2.45) is 21.1 Å². The number of amides is 1. The number of nitrogens with zero attached hydrogens (tertiary/aromatic N) is 4. The maximum Gasteiger partial charge on any atom is 0.296 e. The van der Waals surface area contributed by atoms with Gasteiger partial charge in [0.2, 0.25) is 5.88 Å². The number of likely N-dealkylation sites (tertiary alicyclic amines) is 1. The minimum absolute atomic E-state index is 0.00538. The summed E-state index contributed by atoms with van der Waals surface area (Å²) in [5.41, 5.74) is 1.95. The van der Waals surface area contributed by atoms with Gasteiger partial charge in [0.1, 0.15) is 0 Å². The number of rotatable bonds is 4. The van der Waals surface area contributed by atoms with Gasteiger partial charge in [0.15, 0.2) is 5.69 Å². The van der Waals surface area contributed by atoms with E-state index in [1.807, 2.05) is 28.8 Å². The smallest absolute Gasteiger partial charge is 0.296 e. The molecule has 6 nitrogen and oxygen atoms in total. The molecule has 2 heterocycles. The number of carbonyl (C=O) groups is 1. The molecule has 178 valence electrons. The summed E-state index contributed by atoms with van der Waals surface area (Å²) in [5.74, 6) is -0.591. The van der Waals surface area contributed by atoms with Crippen LogP contribution in [0.5, 0.6) is 5.88 Å². The molecule has 1 saturated heterocycles. The Bertz CT molecular complexity index is 1320. The summed E-state index contributed by atoms with van der Waals surface area (Å²) >= 11 is 12.1. The van der Waals surface area contributed by atoms with Gasteiger partial charge < -0.3 is 5.11 Å². The van der Waals surface area contributed by atoms with Gasteiger partial charge >= 0.3 is 0 Å². The van der Waals surface area contributed by atoms with Gasteiger partial charge in [-0.3, -0.25) is 14.3 Å².